The van der Waals surface area contributed by atoms with Crippen LogP contribution in [0.2, 0.25) is 0 Å². The normalized spacial score (nSPS) is 14.1. The van der Waals surface area contributed by atoms with E-state index in [-0.39, 0.29) is 5.97 Å². The molecule has 0 amide bonds. The molecule has 1 aromatic rings. The summed E-state index contributed by atoms with van der Waals surface area (Å²) in [6.07, 6.45) is 7.10. The summed E-state index contributed by atoms with van der Waals surface area (Å²) in [5.41, 5.74) is 1.54. The average Bonchev–Trinajstić information content (AvgIpc) is 2.89. The van der Waals surface area contributed by atoms with Gasteiger partial charge in [-0.25, -0.2) is 4.79 Å². The summed E-state index contributed by atoms with van der Waals surface area (Å²) in [7, 11) is 0. The largest absolute Gasteiger partial charge is 0.463 e. The van der Waals surface area contributed by atoms with Crippen LogP contribution in [-0.2, 0) is 28.9 Å². The van der Waals surface area contributed by atoms with E-state index < -0.39 is 0 Å². The van der Waals surface area contributed by atoms with E-state index in [9.17, 15) is 4.79 Å². The van der Waals surface area contributed by atoms with Crippen molar-refractivity contribution in [2.75, 3.05) is 13.2 Å². The first-order chi connectivity index (χ1) is 8.79. The maximum Gasteiger partial charge on any atom is 0.330 e. The molecule has 4 heteroatoms. The lowest BCUT2D eigenvalue weighted by molar-refractivity contribution is -0.137. The van der Waals surface area contributed by atoms with Crippen molar-refractivity contribution in [2.45, 2.75) is 32.7 Å². The van der Waals surface area contributed by atoms with Crippen molar-refractivity contribution in [1.82, 2.24) is 5.32 Å². The number of nitrogens with one attached hydrogen (secondary N) is 1. The SMILES string of the molecule is CCOC(=O)/C=C/CNCc1cc2c(s1)CCC2. The van der Waals surface area contributed by atoms with Gasteiger partial charge in [-0.15, -0.1) is 11.3 Å². The number of aryl methyl sites for hydroxylation is 2. The second-order valence-electron chi connectivity index (χ2n) is 4.30. The van der Waals surface area contributed by atoms with Gasteiger partial charge in [0.05, 0.1) is 6.61 Å². The lowest BCUT2D eigenvalue weighted by Crippen LogP contribution is -2.12. The molecule has 2 rings (SSSR count). The molecule has 0 atom stereocenters. The average molecular weight is 265 g/mol. The first kappa shape index (κ1) is 13.3. The van der Waals surface area contributed by atoms with Crippen molar-refractivity contribution >= 4 is 17.3 Å². The van der Waals surface area contributed by atoms with Gasteiger partial charge in [0.15, 0.2) is 0 Å². The Bertz CT molecular complexity index is 416. The Morgan fingerprint density at radius 2 is 2.44 bits per heavy atom. The minimum atomic E-state index is -0.269. The molecule has 1 N–H and O–H groups in total. The third kappa shape index (κ3) is 3.68. The van der Waals surface area contributed by atoms with E-state index in [1.165, 1.54) is 30.2 Å². The standard InChI is InChI=1S/C14H19NO2S/c1-2-17-14(16)7-4-8-15-10-12-9-11-5-3-6-13(11)18-12/h4,7,9,15H,2-3,5-6,8,10H2,1H3/b7-4+. The van der Waals surface area contributed by atoms with Crippen LogP contribution < -0.4 is 5.32 Å². The summed E-state index contributed by atoms with van der Waals surface area (Å²) < 4.78 is 4.80. The summed E-state index contributed by atoms with van der Waals surface area (Å²) in [6, 6.07) is 2.31. The highest BCUT2D eigenvalue weighted by Gasteiger charge is 2.13. The van der Waals surface area contributed by atoms with Gasteiger partial charge < -0.3 is 10.1 Å². The number of hydrogen-bond donors (Lipinski definition) is 1. The fraction of sp³-hybridized carbons (Fsp3) is 0.500. The first-order valence-corrected chi connectivity index (χ1v) is 7.25. The van der Waals surface area contributed by atoms with Crippen molar-refractivity contribution in [3.8, 4) is 0 Å². The molecule has 0 aromatic carbocycles. The number of carbonyl (C=O) groups excluding carboxylic acids is 1. The molecule has 0 spiro atoms. The summed E-state index contributed by atoms with van der Waals surface area (Å²) in [4.78, 5) is 14.0. The Hall–Kier alpha value is -1.13. The molecule has 18 heavy (non-hydrogen) atoms. The zero-order valence-corrected chi connectivity index (χ0v) is 11.5. The van der Waals surface area contributed by atoms with E-state index in [4.69, 9.17) is 4.74 Å². The molecular weight excluding hydrogens is 246 g/mol. The van der Waals surface area contributed by atoms with E-state index in [2.05, 4.69) is 11.4 Å². The van der Waals surface area contributed by atoms with Gasteiger partial charge in [-0.2, -0.15) is 0 Å². The minimum absolute atomic E-state index is 0.269. The fourth-order valence-electron chi connectivity index (χ4n) is 2.10. The number of ether oxygens (including phenoxy) is 1. The van der Waals surface area contributed by atoms with Crippen molar-refractivity contribution in [2.24, 2.45) is 0 Å². The Morgan fingerprint density at radius 3 is 3.22 bits per heavy atom. The van der Waals surface area contributed by atoms with Gasteiger partial charge >= 0.3 is 5.97 Å². The molecule has 0 saturated heterocycles. The van der Waals surface area contributed by atoms with Crippen LogP contribution in [0.1, 0.15) is 28.7 Å². The minimum Gasteiger partial charge on any atom is -0.463 e. The van der Waals surface area contributed by atoms with Crippen molar-refractivity contribution in [1.29, 1.82) is 0 Å². The molecule has 1 aliphatic carbocycles. The molecule has 1 aromatic heterocycles. The highest BCUT2D eigenvalue weighted by Crippen LogP contribution is 2.30. The van der Waals surface area contributed by atoms with Gasteiger partial charge in [0.1, 0.15) is 0 Å². The Labute approximate surface area is 112 Å². The predicted molar refractivity (Wildman–Crippen MR) is 73.8 cm³/mol. The lowest BCUT2D eigenvalue weighted by Gasteiger charge is -1.99. The first-order valence-electron chi connectivity index (χ1n) is 6.44. The Balaban J connectivity index is 1.67. The molecule has 1 aliphatic rings. The van der Waals surface area contributed by atoms with E-state index in [0.717, 1.165) is 6.54 Å². The van der Waals surface area contributed by atoms with Crippen LogP contribution in [0.5, 0.6) is 0 Å². The zero-order chi connectivity index (χ0) is 12.8. The van der Waals surface area contributed by atoms with Crippen LogP contribution >= 0.6 is 11.3 Å². The number of rotatable bonds is 6. The number of hydrogen-bond acceptors (Lipinski definition) is 4. The summed E-state index contributed by atoms with van der Waals surface area (Å²) in [6.45, 7) is 3.81. The van der Waals surface area contributed by atoms with Gasteiger partial charge in [0.25, 0.3) is 0 Å². The van der Waals surface area contributed by atoms with E-state index >= 15 is 0 Å². The maximum atomic E-state index is 11.0. The topological polar surface area (TPSA) is 38.3 Å². The molecule has 0 aliphatic heterocycles. The predicted octanol–water partition coefficient (Wildman–Crippen LogP) is 2.45. The van der Waals surface area contributed by atoms with Crippen molar-refractivity contribution < 1.29 is 9.53 Å². The summed E-state index contributed by atoms with van der Waals surface area (Å²) in [5.74, 6) is -0.269. The van der Waals surface area contributed by atoms with E-state index in [1.54, 1.807) is 23.4 Å². The molecular formula is C14H19NO2S. The smallest absolute Gasteiger partial charge is 0.330 e. The van der Waals surface area contributed by atoms with Gasteiger partial charge in [-0.3, -0.25) is 0 Å². The second-order valence-corrected chi connectivity index (χ2v) is 5.52. The molecule has 0 fully saturated rings. The molecule has 0 unspecified atom stereocenters. The number of fused-ring (bicyclic) bond motifs is 1. The molecule has 1 heterocycles. The monoisotopic (exact) mass is 265 g/mol. The number of carbonyl (C=O) groups is 1. The molecule has 98 valence electrons. The van der Waals surface area contributed by atoms with Crippen LogP contribution in [0.3, 0.4) is 0 Å². The maximum absolute atomic E-state index is 11.0. The third-order valence-corrected chi connectivity index (χ3v) is 4.14. The van der Waals surface area contributed by atoms with Gasteiger partial charge in [-0.05, 0) is 37.8 Å². The molecule has 0 radical (unpaired) electrons. The van der Waals surface area contributed by atoms with E-state index in [0.29, 0.717) is 13.2 Å². The van der Waals surface area contributed by atoms with Gasteiger partial charge in [-0.1, -0.05) is 6.08 Å². The van der Waals surface area contributed by atoms with Crippen LogP contribution in [0.25, 0.3) is 0 Å². The number of thiophene rings is 1. The zero-order valence-electron chi connectivity index (χ0n) is 10.7. The van der Waals surface area contributed by atoms with Gasteiger partial charge in [0.2, 0.25) is 0 Å². The van der Waals surface area contributed by atoms with Crippen LogP contribution in [0.15, 0.2) is 18.2 Å². The van der Waals surface area contributed by atoms with Crippen molar-refractivity contribution in [3.05, 3.63) is 33.5 Å². The van der Waals surface area contributed by atoms with Crippen molar-refractivity contribution in [3.63, 3.8) is 0 Å². The van der Waals surface area contributed by atoms with Crippen LogP contribution in [0, 0.1) is 0 Å². The van der Waals surface area contributed by atoms with E-state index in [1.807, 2.05) is 11.3 Å². The second kappa shape index (κ2) is 6.71. The number of esters is 1. The Kier molecular flexibility index (Phi) is 4.96. The quantitative estimate of drug-likeness (QED) is 0.488. The molecule has 3 nitrogen and oxygen atoms in total. The third-order valence-electron chi connectivity index (χ3n) is 2.90. The highest BCUT2D eigenvalue weighted by molar-refractivity contribution is 7.12. The Morgan fingerprint density at radius 1 is 1.56 bits per heavy atom. The lowest BCUT2D eigenvalue weighted by atomic mass is 10.2. The van der Waals surface area contributed by atoms with Gasteiger partial charge in [0, 0.05) is 28.9 Å². The highest BCUT2D eigenvalue weighted by atomic mass is 32.1. The molecule has 0 bridgehead atoms. The molecule has 0 saturated carbocycles. The van der Waals surface area contributed by atoms with Crippen LogP contribution in [0.4, 0.5) is 0 Å². The summed E-state index contributed by atoms with van der Waals surface area (Å²) in [5, 5.41) is 3.30. The summed E-state index contributed by atoms with van der Waals surface area (Å²) >= 11 is 1.92. The fourth-order valence-corrected chi connectivity index (χ4v) is 3.33. The van der Waals surface area contributed by atoms with Crippen LogP contribution in [-0.4, -0.2) is 19.1 Å².